The quantitative estimate of drug-likeness (QED) is 0.230. The van der Waals surface area contributed by atoms with Crippen LogP contribution in [0, 0.1) is 11.8 Å². The van der Waals surface area contributed by atoms with Crippen LogP contribution in [-0.2, 0) is 17.7 Å². The zero-order valence-electron chi connectivity index (χ0n) is 23.5. The molecule has 1 aromatic heterocycles. The number of carbonyl (C=O) groups excluding carboxylic acids is 1. The number of thiazole rings is 1. The minimum Gasteiger partial charge on any atom is -0.494 e. The Labute approximate surface area is 235 Å². The third-order valence-corrected chi connectivity index (χ3v) is 6.81. The van der Waals surface area contributed by atoms with Crippen molar-refractivity contribution in [3.8, 4) is 11.6 Å². The van der Waals surface area contributed by atoms with Gasteiger partial charge in [0, 0.05) is 24.7 Å². The van der Waals surface area contributed by atoms with Gasteiger partial charge in [0.15, 0.2) is 0 Å². The van der Waals surface area contributed by atoms with Gasteiger partial charge in [-0.3, -0.25) is 9.78 Å². The SMILES string of the molecule is CC(C)C[C@H](COc1ccccc1)CN(CCc1ccc(NCc2sc(=O)[nH]c2O)cc1)C(=O)OC(C)(C)C. The van der Waals surface area contributed by atoms with Gasteiger partial charge in [-0.1, -0.05) is 55.5 Å². The number of nitrogens with one attached hydrogen (secondary N) is 2. The van der Waals surface area contributed by atoms with Gasteiger partial charge in [0.05, 0.1) is 18.0 Å². The average Bonchev–Trinajstić information content (AvgIpc) is 3.20. The van der Waals surface area contributed by atoms with Gasteiger partial charge < -0.3 is 24.8 Å². The highest BCUT2D eigenvalue weighted by Crippen LogP contribution is 2.21. The first-order chi connectivity index (χ1) is 18.5. The fourth-order valence-corrected chi connectivity index (χ4v) is 4.86. The summed E-state index contributed by atoms with van der Waals surface area (Å²) in [6, 6.07) is 17.7. The van der Waals surface area contributed by atoms with Gasteiger partial charge in [0.25, 0.3) is 0 Å². The Morgan fingerprint density at radius 2 is 1.79 bits per heavy atom. The van der Waals surface area contributed by atoms with Crippen LogP contribution in [0.2, 0.25) is 0 Å². The number of hydrogen-bond acceptors (Lipinski definition) is 7. The normalized spacial score (nSPS) is 12.3. The largest absolute Gasteiger partial charge is 0.494 e. The molecule has 0 saturated carbocycles. The Morgan fingerprint density at radius 3 is 2.38 bits per heavy atom. The minimum atomic E-state index is -0.585. The summed E-state index contributed by atoms with van der Waals surface area (Å²) in [5, 5.41) is 13.0. The topological polar surface area (TPSA) is 104 Å². The van der Waals surface area contributed by atoms with E-state index >= 15 is 0 Å². The van der Waals surface area contributed by atoms with Gasteiger partial charge in [-0.25, -0.2) is 4.79 Å². The first-order valence-corrected chi connectivity index (χ1v) is 14.2. The summed E-state index contributed by atoms with van der Waals surface area (Å²) in [4.78, 5) is 29.0. The second-order valence-corrected chi connectivity index (χ2v) is 12.2. The molecule has 8 nitrogen and oxygen atoms in total. The maximum Gasteiger partial charge on any atom is 0.410 e. The maximum absolute atomic E-state index is 13.2. The van der Waals surface area contributed by atoms with E-state index in [-0.39, 0.29) is 22.8 Å². The van der Waals surface area contributed by atoms with Crippen LogP contribution in [0.5, 0.6) is 11.6 Å². The molecule has 1 heterocycles. The maximum atomic E-state index is 13.2. The highest BCUT2D eigenvalue weighted by Gasteiger charge is 2.25. The van der Waals surface area contributed by atoms with E-state index in [1.54, 1.807) is 4.90 Å². The van der Waals surface area contributed by atoms with Crippen LogP contribution in [0.3, 0.4) is 0 Å². The van der Waals surface area contributed by atoms with Gasteiger partial charge >= 0.3 is 11.0 Å². The van der Waals surface area contributed by atoms with Crippen LogP contribution in [0.15, 0.2) is 59.4 Å². The van der Waals surface area contributed by atoms with Gasteiger partial charge in [-0.05, 0) is 69.4 Å². The molecule has 9 heteroatoms. The van der Waals surface area contributed by atoms with Gasteiger partial charge in [0.2, 0.25) is 5.88 Å². The summed E-state index contributed by atoms with van der Waals surface area (Å²) in [6.07, 6.45) is 1.28. The first kappa shape index (κ1) is 30.1. The molecule has 0 aliphatic rings. The molecule has 0 spiro atoms. The van der Waals surface area contributed by atoms with Crippen molar-refractivity contribution in [2.24, 2.45) is 11.8 Å². The molecule has 212 valence electrons. The molecule has 39 heavy (non-hydrogen) atoms. The molecule has 2 aromatic carbocycles. The van der Waals surface area contributed by atoms with Crippen LogP contribution >= 0.6 is 11.3 Å². The number of carbonyl (C=O) groups is 1. The highest BCUT2D eigenvalue weighted by atomic mass is 32.1. The molecular formula is C30H41N3O5S. The molecule has 3 aromatic rings. The van der Waals surface area contributed by atoms with E-state index < -0.39 is 5.60 Å². The van der Waals surface area contributed by atoms with E-state index in [1.165, 1.54) is 0 Å². The molecule has 0 fully saturated rings. The lowest BCUT2D eigenvalue weighted by molar-refractivity contribution is 0.0198. The summed E-state index contributed by atoms with van der Waals surface area (Å²) in [5.41, 5.74) is 1.38. The Hall–Kier alpha value is -3.46. The van der Waals surface area contributed by atoms with E-state index in [4.69, 9.17) is 9.47 Å². The van der Waals surface area contributed by atoms with Crippen molar-refractivity contribution in [3.63, 3.8) is 0 Å². The lowest BCUT2D eigenvalue weighted by Gasteiger charge is -2.31. The molecular weight excluding hydrogens is 514 g/mol. The molecule has 0 aliphatic carbocycles. The molecule has 0 saturated heterocycles. The lowest BCUT2D eigenvalue weighted by Crippen LogP contribution is -2.42. The number of aromatic amines is 1. The van der Waals surface area contributed by atoms with Crippen molar-refractivity contribution in [1.82, 2.24) is 9.88 Å². The zero-order chi connectivity index (χ0) is 28.4. The Balaban J connectivity index is 1.63. The molecule has 0 radical (unpaired) electrons. The summed E-state index contributed by atoms with van der Waals surface area (Å²) in [6.45, 7) is 11.9. The number of benzene rings is 2. The summed E-state index contributed by atoms with van der Waals surface area (Å²) >= 11 is 0.983. The predicted octanol–water partition coefficient (Wildman–Crippen LogP) is 6.28. The zero-order valence-corrected chi connectivity index (χ0v) is 24.3. The van der Waals surface area contributed by atoms with Crippen LogP contribution in [0.4, 0.5) is 10.5 Å². The fraction of sp³-hybridized carbons (Fsp3) is 0.467. The summed E-state index contributed by atoms with van der Waals surface area (Å²) < 4.78 is 11.8. The van der Waals surface area contributed by atoms with Gasteiger partial charge in [0.1, 0.15) is 11.4 Å². The highest BCUT2D eigenvalue weighted by molar-refractivity contribution is 7.09. The second kappa shape index (κ2) is 14.1. The lowest BCUT2D eigenvalue weighted by atomic mass is 9.97. The number of aromatic hydroxyl groups is 1. The number of rotatable bonds is 13. The molecule has 3 N–H and O–H groups in total. The third kappa shape index (κ3) is 10.7. The van der Waals surface area contributed by atoms with Crippen LogP contribution in [-0.4, -0.2) is 46.4 Å². The van der Waals surface area contributed by atoms with E-state index in [0.717, 1.165) is 34.8 Å². The predicted molar refractivity (Wildman–Crippen MR) is 157 cm³/mol. The number of amides is 1. The third-order valence-electron chi connectivity index (χ3n) is 5.94. The van der Waals surface area contributed by atoms with Crippen molar-refractivity contribution < 1.29 is 19.4 Å². The van der Waals surface area contributed by atoms with Gasteiger partial charge in [-0.15, -0.1) is 0 Å². The van der Waals surface area contributed by atoms with Crippen molar-refractivity contribution in [2.45, 2.75) is 59.6 Å². The number of hydrogen-bond donors (Lipinski definition) is 3. The van der Waals surface area contributed by atoms with Crippen molar-refractivity contribution in [1.29, 1.82) is 0 Å². The Kier molecular flexibility index (Phi) is 10.9. The Morgan fingerprint density at radius 1 is 1.10 bits per heavy atom. The standard InChI is InChI=1S/C30H41N3O5S/c1-21(2)17-23(20-37-25-9-7-6-8-10-25)19-33(29(36)38-30(3,4)5)16-15-22-11-13-24(14-12-22)31-18-26-27(34)32-28(35)39-26/h6-14,21,23,31,34H,15-20H2,1-5H3,(H,32,35)/t23-/m0/s1. The molecule has 1 amide bonds. The number of aromatic nitrogens is 1. The molecule has 0 unspecified atom stereocenters. The summed E-state index contributed by atoms with van der Waals surface area (Å²) in [7, 11) is 0. The van der Waals surface area contributed by atoms with Crippen molar-refractivity contribution in [3.05, 3.63) is 74.7 Å². The van der Waals surface area contributed by atoms with Crippen molar-refractivity contribution >= 4 is 23.1 Å². The van der Waals surface area contributed by atoms with Gasteiger partial charge in [-0.2, -0.15) is 0 Å². The number of H-pyrrole nitrogens is 1. The number of nitrogens with zero attached hydrogens (tertiary/aromatic N) is 1. The van der Waals surface area contributed by atoms with E-state index in [0.29, 0.717) is 43.5 Å². The van der Waals surface area contributed by atoms with Crippen LogP contribution < -0.4 is 14.9 Å². The van der Waals surface area contributed by atoms with E-state index in [2.05, 4.69) is 24.1 Å². The summed E-state index contributed by atoms with van der Waals surface area (Å²) in [5.74, 6) is 1.35. The Bertz CT molecular complexity index is 1220. The van der Waals surface area contributed by atoms with Crippen LogP contribution in [0.1, 0.15) is 51.5 Å². The number of anilines is 1. The smallest absolute Gasteiger partial charge is 0.410 e. The van der Waals surface area contributed by atoms with Crippen LogP contribution in [0.25, 0.3) is 0 Å². The van der Waals surface area contributed by atoms with E-state index in [1.807, 2.05) is 75.4 Å². The van der Waals surface area contributed by atoms with Crippen molar-refractivity contribution in [2.75, 3.05) is 25.0 Å². The van der Waals surface area contributed by atoms with E-state index in [9.17, 15) is 14.7 Å². The number of para-hydroxylation sites is 1. The monoisotopic (exact) mass is 555 g/mol. The molecule has 1 atom stereocenters. The molecule has 0 bridgehead atoms. The minimum absolute atomic E-state index is 0.0960. The molecule has 3 rings (SSSR count). The second-order valence-electron chi connectivity index (χ2n) is 11.1. The fourth-order valence-electron chi connectivity index (χ4n) is 4.20. The first-order valence-electron chi connectivity index (χ1n) is 13.4. The molecule has 0 aliphatic heterocycles. The number of ether oxygens (including phenoxy) is 2. The average molecular weight is 556 g/mol.